The van der Waals surface area contributed by atoms with Crippen molar-refractivity contribution < 1.29 is 9.53 Å². The molecule has 0 aliphatic carbocycles. The lowest BCUT2D eigenvalue weighted by Gasteiger charge is -2.17. The predicted octanol–water partition coefficient (Wildman–Crippen LogP) is 1.03. The molecule has 0 radical (unpaired) electrons. The monoisotopic (exact) mass is 354 g/mol. The second kappa shape index (κ2) is 7.14. The molecule has 1 amide bonds. The van der Waals surface area contributed by atoms with Gasteiger partial charge in [-0.2, -0.15) is 0 Å². The number of amides is 1. The number of hydrogen-bond acceptors (Lipinski definition) is 7. The summed E-state index contributed by atoms with van der Waals surface area (Å²) in [6.07, 6.45) is 3.89. The fourth-order valence-corrected chi connectivity index (χ4v) is 3.17. The molecule has 122 valence electrons. The highest BCUT2D eigenvalue weighted by atomic mass is 35.5. The van der Waals surface area contributed by atoms with Crippen LogP contribution in [0.25, 0.3) is 0 Å². The van der Waals surface area contributed by atoms with Crippen molar-refractivity contribution >= 4 is 29.3 Å². The van der Waals surface area contributed by atoms with Crippen LogP contribution in [0, 0.1) is 0 Å². The SMILES string of the molecule is Cn1nnnc1SCC(=O)N1CC[C@@H](Oc2ccncc2Cl)C1. The molecule has 0 bridgehead atoms. The smallest absolute Gasteiger partial charge is 0.233 e. The standard InChI is InChI=1S/C13H15ClN6O2S/c1-19-13(16-17-18-19)23-8-12(21)20-5-3-9(7-20)22-11-2-4-15-6-10(11)14/h2,4,6,9H,3,5,7-8H2,1H3/t9-/m1/s1. The van der Waals surface area contributed by atoms with Gasteiger partial charge < -0.3 is 9.64 Å². The van der Waals surface area contributed by atoms with Crippen molar-refractivity contribution in [3.8, 4) is 5.75 Å². The van der Waals surface area contributed by atoms with Gasteiger partial charge in [-0.1, -0.05) is 23.4 Å². The van der Waals surface area contributed by atoms with E-state index in [4.69, 9.17) is 16.3 Å². The topological polar surface area (TPSA) is 86.0 Å². The number of ether oxygens (including phenoxy) is 1. The highest BCUT2D eigenvalue weighted by molar-refractivity contribution is 7.99. The maximum Gasteiger partial charge on any atom is 0.233 e. The maximum absolute atomic E-state index is 12.3. The average molecular weight is 355 g/mol. The Morgan fingerprint density at radius 2 is 2.43 bits per heavy atom. The van der Waals surface area contributed by atoms with E-state index in [0.29, 0.717) is 34.8 Å². The normalized spacial score (nSPS) is 17.5. The molecule has 0 saturated carbocycles. The van der Waals surface area contributed by atoms with Gasteiger partial charge in [0, 0.05) is 38.5 Å². The molecule has 0 N–H and O–H groups in total. The minimum absolute atomic E-state index is 0.0462. The zero-order valence-corrected chi connectivity index (χ0v) is 14.0. The third kappa shape index (κ3) is 3.91. The fraction of sp³-hybridized carbons (Fsp3) is 0.462. The number of thioether (sulfide) groups is 1. The lowest BCUT2D eigenvalue weighted by atomic mass is 10.3. The van der Waals surface area contributed by atoms with Crippen molar-refractivity contribution in [3.05, 3.63) is 23.5 Å². The van der Waals surface area contributed by atoms with Crippen LogP contribution in [-0.2, 0) is 11.8 Å². The summed E-state index contributed by atoms with van der Waals surface area (Å²) in [7, 11) is 1.74. The molecule has 3 rings (SSSR count). The van der Waals surface area contributed by atoms with Crippen LogP contribution in [0.3, 0.4) is 0 Å². The van der Waals surface area contributed by atoms with Crippen molar-refractivity contribution in [2.75, 3.05) is 18.8 Å². The van der Waals surface area contributed by atoms with E-state index in [1.165, 1.54) is 11.8 Å². The van der Waals surface area contributed by atoms with Crippen LogP contribution in [0.15, 0.2) is 23.6 Å². The molecule has 2 aromatic heterocycles. The summed E-state index contributed by atoms with van der Waals surface area (Å²) in [6.45, 7) is 1.22. The third-order valence-corrected chi connectivity index (χ3v) is 4.71. The van der Waals surface area contributed by atoms with E-state index in [1.807, 2.05) is 0 Å². The predicted molar refractivity (Wildman–Crippen MR) is 84.4 cm³/mol. The van der Waals surface area contributed by atoms with Gasteiger partial charge in [-0.25, -0.2) is 4.68 Å². The fourth-order valence-electron chi connectivity index (χ4n) is 2.25. The summed E-state index contributed by atoms with van der Waals surface area (Å²) >= 11 is 7.35. The summed E-state index contributed by atoms with van der Waals surface area (Å²) in [4.78, 5) is 18.0. The van der Waals surface area contributed by atoms with Crippen LogP contribution < -0.4 is 4.74 Å². The van der Waals surface area contributed by atoms with E-state index in [-0.39, 0.29) is 12.0 Å². The molecule has 0 aromatic carbocycles. The average Bonchev–Trinajstić information content (AvgIpc) is 3.16. The summed E-state index contributed by atoms with van der Waals surface area (Å²) in [5.41, 5.74) is 0. The van der Waals surface area contributed by atoms with Gasteiger partial charge >= 0.3 is 0 Å². The number of aryl methyl sites for hydroxylation is 1. The molecule has 1 saturated heterocycles. The second-order valence-corrected chi connectivity index (χ2v) is 6.40. The largest absolute Gasteiger partial charge is 0.487 e. The number of aromatic nitrogens is 5. The van der Waals surface area contributed by atoms with E-state index in [2.05, 4.69) is 20.5 Å². The quantitative estimate of drug-likeness (QED) is 0.741. The van der Waals surface area contributed by atoms with Gasteiger partial charge in [-0.05, 0) is 10.4 Å². The van der Waals surface area contributed by atoms with Crippen LogP contribution in [0.4, 0.5) is 0 Å². The van der Waals surface area contributed by atoms with Crippen LogP contribution in [0.5, 0.6) is 5.75 Å². The Bertz CT molecular complexity index is 697. The lowest BCUT2D eigenvalue weighted by molar-refractivity contribution is -0.127. The number of rotatable bonds is 5. The molecule has 10 heteroatoms. The summed E-state index contributed by atoms with van der Waals surface area (Å²) in [5, 5.41) is 12.2. The van der Waals surface area contributed by atoms with Gasteiger partial charge in [0.2, 0.25) is 11.1 Å². The molecule has 1 atom stereocenters. The Morgan fingerprint density at radius 3 is 3.17 bits per heavy atom. The van der Waals surface area contributed by atoms with Crippen molar-refractivity contribution in [1.29, 1.82) is 0 Å². The van der Waals surface area contributed by atoms with Crippen LogP contribution in [0.1, 0.15) is 6.42 Å². The van der Waals surface area contributed by atoms with Crippen LogP contribution in [0.2, 0.25) is 5.02 Å². The highest BCUT2D eigenvalue weighted by Crippen LogP contribution is 2.26. The van der Waals surface area contributed by atoms with Crippen LogP contribution >= 0.6 is 23.4 Å². The first-order chi connectivity index (χ1) is 11.1. The van der Waals surface area contributed by atoms with Gasteiger partial charge in [-0.15, -0.1) is 5.10 Å². The summed E-state index contributed by atoms with van der Waals surface area (Å²) in [6, 6.07) is 1.73. The van der Waals surface area contributed by atoms with Crippen LogP contribution in [-0.4, -0.2) is 60.9 Å². The number of carbonyl (C=O) groups is 1. The number of likely N-dealkylation sites (tertiary alicyclic amines) is 1. The molecule has 2 aromatic rings. The van der Waals surface area contributed by atoms with Crippen molar-refractivity contribution in [1.82, 2.24) is 30.1 Å². The number of carbonyl (C=O) groups excluding carboxylic acids is 1. The third-order valence-electron chi connectivity index (χ3n) is 3.43. The van der Waals surface area contributed by atoms with Gasteiger partial charge in [-0.3, -0.25) is 9.78 Å². The van der Waals surface area contributed by atoms with Gasteiger partial charge in [0.15, 0.2) is 0 Å². The molecule has 0 spiro atoms. The Kier molecular flexibility index (Phi) is 4.97. The number of halogens is 1. The van der Waals surface area contributed by atoms with Crippen molar-refractivity contribution in [3.63, 3.8) is 0 Å². The molecule has 8 nitrogen and oxygen atoms in total. The summed E-state index contributed by atoms with van der Waals surface area (Å²) in [5.74, 6) is 0.946. The maximum atomic E-state index is 12.3. The summed E-state index contributed by atoms with van der Waals surface area (Å²) < 4.78 is 7.39. The Labute approximate surface area is 142 Å². The zero-order valence-electron chi connectivity index (χ0n) is 12.4. The van der Waals surface area contributed by atoms with Gasteiger partial charge in [0.25, 0.3) is 0 Å². The minimum atomic E-state index is -0.0552. The molecular formula is C13H15ClN6O2S. The van der Waals surface area contributed by atoms with Gasteiger partial charge in [0.1, 0.15) is 16.9 Å². The Morgan fingerprint density at radius 1 is 1.57 bits per heavy atom. The highest BCUT2D eigenvalue weighted by Gasteiger charge is 2.28. The molecule has 23 heavy (non-hydrogen) atoms. The Balaban J connectivity index is 1.50. The first kappa shape index (κ1) is 16.0. The molecular weight excluding hydrogens is 340 g/mol. The van der Waals surface area contributed by atoms with E-state index in [1.54, 1.807) is 35.1 Å². The van der Waals surface area contributed by atoms with E-state index in [9.17, 15) is 4.79 Å². The number of tetrazole rings is 1. The lowest BCUT2D eigenvalue weighted by Crippen LogP contribution is -2.32. The number of nitrogens with zero attached hydrogens (tertiary/aromatic N) is 6. The van der Waals surface area contributed by atoms with E-state index in [0.717, 1.165) is 6.42 Å². The van der Waals surface area contributed by atoms with E-state index < -0.39 is 0 Å². The molecule has 1 fully saturated rings. The molecule has 1 aliphatic rings. The first-order valence-corrected chi connectivity index (χ1v) is 8.39. The second-order valence-electron chi connectivity index (χ2n) is 5.05. The molecule has 1 aliphatic heterocycles. The zero-order chi connectivity index (χ0) is 16.2. The van der Waals surface area contributed by atoms with Gasteiger partial charge in [0.05, 0.1) is 12.3 Å². The van der Waals surface area contributed by atoms with Crippen molar-refractivity contribution in [2.24, 2.45) is 7.05 Å². The Hall–Kier alpha value is -1.87. The van der Waals surface area contributed by atoms with Crippen molar-refractivity contribution in [2.45, 2.75) is 17.7 Å². The van der Waals surface area contributed by atoms with E-state index >= 15 is 0 Å². The molecule has 3 heterocycles. The minimum Gasteiger partial charge on any atom is -0.487 e. The molecule has 0 unspecified atom stereocenters. The first-order valence-electron chi connectivity index (χ1n) is 7.02. The number of hydrogen-bond donors (Lipinski definition) is 0. The number of pyridine rings is 1.